The van der Waals surface area contributed by atoms with E-state index in [4.69, 9.17) is 9.47 Å². The topological polar surface area (TPSA) is 184 Å². The quantitative estimate of drug-likeness (QED) is 0.178. The zero-order valence-corrected chi connectivity index (χ0v) is 30.0. The van der Waals surface area contributed by atoms with E-state index < -0.39 is 64.0 Å². The summed E-state index contributed by atoms with van der Waals surface area (Å²) in [6.07, 6.45) is 0.476. The number of carbonyl (C=O) groups is 6. The Hall–Kier alpha value is -4.56. The average molecular weight is 682 g/mol. The number of anilines is 2. The Balaban J connectivity index is 1.94. The van der Waals surface area contributed by atoms with E-state index in [1.54, 1.807) is 25.1 Å². The van der Waals surface area contributed by atoms with Crippen molar-refractivity contribution in [2.75, 3.05) is 52.1 Å². The Kier molecular flexibility index (Phi) is 10.2. The molecule has 4 atom stereocenters. The maximum absolute atomic E-state index is 14.8. The van der Waals surface area contributed by atoms with Gasteiger partial charge in [0.2, 0.25) is 11.8 Å². The summed E-state index contributed by atoms with van der Waals surface area (Å²) in [6, 6.07) is 0.865. The summed E-state index contributed by atoms with van der Waals surface area (Å²) in [7, 11) is 8.39. The van der Waals surface area contributed by atoms with Crippen LogP contribution in [0.2, 0.25) is 0 Å². The number of amides is 3. The highest BCUT2D eigenvalue weighted by atomic mass is 16.5. The van der Waals surface area contributed by atoms with Crippen molar-refractivity contribution in [3.63, 3.8) is 0 Å². The molecule has 0 aliphatic heterocycles. The summed E-state index contributed by atoms with van der Waals surface area (Å²) < 4.78 is 11.3. The zero-order valence-electron chi connectivity index (χ0n) is 30.0. The van der Waals surface area contributed by atoms with Gasteiger partial charge in [-0.05, 0) is 72.2 Å². The molecular formula is C35H47N5O9. The minimum absolute atomic E-state index is 0.000232. The van der Waals surface area contributed by atoms with Gasteiger partial charge >= 0.3 is 5.97 Å². The summed E-state index contributed by atoms with van der Waals surface area (Å²) >= 11 is 0. The fourth-order valence-corrected chi connectivity index (χ4v) is 7.27. The van der Waals surface area contributed by atoms with Gasteiger partial charge in [-0.1, -0.05) is 0 Å². The van der Waals surface area contributed by atoms with Gasteiger partial charge in [-0.2, -0.15) is 0 Å². The number of nitrogens with one attached hydrogen (secondary N) is 3. The molecule has 1 saturated carbocycles. The molecule has 0 heterocycles. The molecule has 3 aliphatic rings. The molecule has 1 fully saturated rings. The van der Waals surface area contributed by atoms with Gasteiger partial charge in [0, 0.05) is 50.7 Å². The van der Waals surface area contributed by atoms with Crippen LogP contribution in [0.3, 0.4) is 0 Å². The fourth-order valence-electron chi connectivity index (χ4n) is 7.27. The van der Waals surface area contributed by atoms with Crippen molar-refractivity contribution < 1.29 is 43.3 Å². The molecular weight excluding hydrogens is 634 g/mol. The number of nitrogens with zero attached hydrogens (tertiary/aromatic N) is 2. The van der Waals surface area contributed by atoms with Gasteiger partial charge in [0.25, 0.3) is 5.91 Å². The molecule has 0 bridgehead atoms. The Bertz CT molecular complexity index is 1700. The second-order valence-electron chi connectivity index (χ2n) is 14.5. The Labute approximate surface area is 286 Å². The predicted molar refractivity (Wildman–Crippen MR) is 182 cm³/mol. The number of methoxy groups -OCH3 is 1. The highest BCUT2D eigenvalue weighted by molar-refractivity contribution is 6.32. The van der Waals surface area contributed by atoms with Crippen LogP contribution in [0.15, 0.2) is 23.0 Å². The first-order chi connectivity index (χ1) is 22.6. The normalized spacial score (nSPS) is 23.4. The smallest absolute Gasteiger partial charge is 0.307 e. The van der Waals surface area contributed by atoms with Gasteiger partial charge in [-0.25, -0.2) is 0 Å². The molecule has 49 heavy (non-hydrogen) atoms. The third kappa shape index (κ3) is 6.71. The van der Waals surface area contributed by atoms with Crippen LogP contribution < -0.4 is 25.6 Å². The van der Waals surface area contributed by atoms with Crippen LogP contribution in [0.1, 0.15) is 59.1 Å². The molecule has 266 valence electrons. The average Bonchev–Trinajstić information content (AvgIpc) is 2.96. The number of benzene rings is 1. The van der Waals surface area contributed by atoms with E-state index in [1.165, 1.54) is 14.0 Å². The molecule has 0 spiro atoms. The van der Waals surface area contributed by atoms with E-state index in [0.717, 1.165) is 13.8 Å². The summed E-state index contributed by atoms with van der Waals surface area (Å²) in [5, 5.41) is 20.1. The fraction of sp³-hybridized carbons (Fsp3) is 0.543. The number of hydrogen-bond acceptors (Lipinski definition) is 12. The lowest BCUT2D eigenvalue weighted by Gasteiger charge is -2.52. The van der Waals surface area contributed by atoms with Crippen molar-refractivity contribution >= 4 is 52.4 Å². The molecule has 3 aliphatic carbocycles. The third-order valence-electron chi connectivity index (χ3n) is 9.37. The molecule has 1 aromatic rings. The minimum Gasteiger partial charge on any atom is -0.507 e. The third-order valence-corrected chi connectivity index (χ3v) is 9.37. The Morgan fingerprint density at radius 1 is 1.06 bits per heavy atom. The van der Waals surface area contributed by atoms with E-state index in [-0.39, 0.29) is 59.2 Å². The summed E-state index contributed by atoms with van der Waals surface area (Å²) in [5.41, 5.74) is -0.962. The maximum atomic E-state index is 14.8. The predicted octanol–water partition coefficient (Wildman–Crippen LogP) is 2.12. The number of aliphatic hydroxyl groups is 1. The number of imide groups is 1. The number of aliphatic hydroxyl groups excluding tert-OH is 1. The second kappa shape index (κ2) is 13.4. The number of hydrogen-bond donors (Lipinski definition) is 4. The van der Waals surface area contributed by atoms with Crippen molar-refractivity contribution in [2.24, 2.45) is 17.3 Å². The number of carbonyl (C=O) groups excluding carboxylic acids is 6. The summed E-state index contributed by atoms with van der Waals surface area (Å²) in [4.78, 5) is 83.3. The molecule has 4 rings (SSSR count). The lowest BCUT2D eigenvalue weighted by Crippen LogP contribution is -2.62. The molecule has 14 heteroatoms. The van der Waals surface area contributed by atoms with Gasteiger partial charge in [-0.15, -0.1) is 0 Å². The lowest BCUT2D eigenvalue weighted by molar-refractivity contribution is -0.149. The molecule has 0 radical (unpaired) electrons. The molecule has 4 N–H and O–H groups in total. The maximum Gasteiger partial charge on any atom is 0.307 e. The van der Waals surface area contributed by atoms with E-state index in [2.05, 4.69) is 16.0 Å². The number of likely N-dealkylation sites (N-methyl/N-ethyl adjacent to an activating group) is 1. The SMILES string of the molecule is COc1c(NC(=O)CNC(C)(C)C)cc(N(C)C)c2c1C(O)=C1C(=O)[C@]3(C)C(=O)C(C(=O)NC(C)=O)=C(OC(C)=O)[C@@H](N(C)C)[C@@H]3C[C@@H]1C2. The van der Waals surface area contributed by atoms with E-state index in [1.807, 2.05) is 39.8 Å². The van der Waals surface area contributed by atoms with Gasteiger partial charge in [0.15, 0.2) is 17.3 Å². The number of fused-ring (bicyclic) bond motifs is 3. The highest BCUT2D eigenvalue weighted by Crippen LogP contribution is 2.57. The number of Topliss-reactive ketones (excluding diaryl/α,β-unsaturated/α-hetero) is 2. The summed E-state index contributed by atoms with van der Waals surface area (Å²) in [6.45, 7) is 9.46. The second-order valence-corrected chi connectivity index (χ2v) is 14.5. The van der Waals surface area contributed by atoms with E-state index in [0.29, 0.717) is 11.3 Å². The largest absolute Gasteiger partial charge is 0.507 e. The van der Waals surface area contributed by atoms with Crippen molar-refractivity contribution in [3.05, 3.63) is 34.1 Å². The van der Waals surface area contributed by atoms with Crippen LogP contribution >= 0.6 is 0 Å². The first-order valence-electron chi connectivity index (χ1n) is 16.1. The first-order valence-corrected chi connectivity index (χ1v) is 16.1. The van der Waals surface area contributed by atoms with E-state index in [9.17, 15) is 33.9 Å². The van der Waals surface area contributed by atoms with Crippen LogP contribution in [0.4, 0.5) is 11.4 Å². The number of allylic oxidation sites excluding steroid dienone is 1. The number of ketones is 2. The zero-order chi connectivity index (χ0) is 36.9. The standard InChI is InChI=1S/C35H47N5O9/c1-16(41)37-33(47)26-30(49-17(2)42)27(40(9)10)20-13-18-12-19-22(39(7)8)14-21(38-23(43)15-36-34(3,4)5)29(48-11)25(19)28(44)24(18)31(45)35(20,6)32(26)46/h14,18,20,27,36,44H,12-13,15H2,1-11H3,(H,38,43)(H,37,41,47)/t18-,20-,27-,35+/m0/s1. The van der Waals surface area contributed by atoms with Crippen LogP contribution in [0.5, 0.6) is 5.75 Å². The molecule has 14 nitrogen and oxygen atoms in total. The van der Waals surface area contributed by atoms with Gasteiger partial charge in [0.1, 0.15) is 17.1 Å². The summed E-state index contributed by atoms with van der Waals surface area (Å²) in [5.74, 6) is -6.42. The van der Waals surface area contributed by atoms with Crippen molar-refractivity contribution in [3.8, 4) is 5.75 Å². The van der Waals surface area contributed by atoms with Gasteiger partial charge < -0.3 is 30.1 Å². The van der Waals surface area contributed by atoms with Crippen molar-refractivity contribution in [1.29, 1.82) is 0 Å². The molecule has 0 aromatic heterocycles. The van der Waals surface area contributed by atoms with Crippen LogP contribution in [0.25, 0.3) is 5.76 Å². The molecule has 0 saturated heterocycles. The monoisotopic (exact) mass is 681 g/mol. The number of rotatable bonds is 8. The van der Waals surface area contributed by atoms with Crippen LogP contribution in [-0.4, -0.2) is 98.7 Å². The number of esters is 1. The van der Waals surface area contributed by atoms with Crippen molar-refractivity contribution in [1.82, 2.24) is 15.5 Å². The molecule has 0 unspecified atom stereocenters. The van der Waals surface area contributed by atoms with E-state index >= 15 is 0 Å². The Morgan fingerprint density at radius 2 is 1.69 bits per heavy atom. The molecule has 1 aromatic carbocycles. The van der Waals surface area contributed by atoms with Crippen molar-refractivity contribution in [2.45, 2.75) is 66.0 Å². The van der Waals surface area contributed by atoms with Gasteiger partial charge in [0.05, 0.1) is 36.4 Å². The van der Waals surface area contributed by atoms with Gasteiger partial charge in [-0.3, -0.25) is 39.0 Å². The highest BCUT2D eigenvalue weighted by Gasteiger charge is 2.63. The first kappa shape index (κ1) is 37.3. The lowest BCUT2D eigenvalue weighted by atomic mass is 9.52. The minimum atomic E-state index is -1.89. The molecule has 3 amide bonds. The number of ether oxygens (including phenoxy) is 2. The van der Waals surface area contributed by atoms with Crippen LogP contribution in [-0.2, 0) is 39.9 Å². The Morgan fingerprint density at radius 3 is 2.20 bits per heavy atom. The van der Waals surface area contributed by atoms with Crippen LogP contribution in [0, 0.1) is 17.3 Å².